The van der Waals surface area contributed by atoms with Crippen LogP contribution < -0.4 is 0 Å². The molecule has 2 aliphatic rings. The van der Waals surface area contributed by atoms with Crippen molar-refractivity contribution in [1.29, 1.82) is 0 Å². The van der Waals surface area contributed by atoms with Gasteiger partial charge in [-0.2, -0.15) is 0 Å². The summed E-state index contributed by atoms with van der Waals surface area (Å²) in [6.45, 7) is 3.88. The number of aliphatic hydroxyl groups is 1. The molecule has 1 saturated heterocycles. The lowest BCUT2D eigenvalue weighted by atomic mass is 9.88. The average molecular weight is 364 g/mol. The zero-order valence-electron chi connectivity index (χ0n) is 15.9. The van der Waals surface area contributed by atoms with E-state index in [1.165, 1.54) is 32.1 Å². The Morgan fingerprint density at radius 2 is 2.08 bits per heavy atom. The number of carbonyl (C=O) groups is 1. The van der Waals surface area contributed by atoms with E-state index >= 15 is 0 Å². The minimum Gasteiger partial charge on any atom is -0.453 e. The summed E-state index contributed by atoms with van der Waals surface area (Å²) in [5, 5.41) is 9.48. The molecule has 2 heterocycles. The summed E-state index contributed by atoms with van der Waals surface area (Å²) >= 11 is 0. The number of methoxy groups -OCH3 is 1. The van der Waals surface area contributed by atoms with Crippen molar-refractivity contribution >= 4 is 5.91 Å². The molecule has 1 atom stereocenters. The minimum absolute atomic E-state index is 0.0624. The van der Waals surface area contributed by atoms with Crippen LogP contribution in [0.2, 0.25) is 0 Å². The molecule has 1 aliphatic carbocycles. The van der Waals surface area contributed by atoms with Crippen molar-refractivity contribution in [3.05, 3.63) is 23.7 Å². The molecule has 3 rings (SSSR count). The second kappa shape index (κ2) is 9.53. The second-order valence-electron chi connectivity index (χ2n) is 7.62. The van der Waals surface area contributed by atoms with E-state index in [0.717, 1.165) is 19.0 Å². The van der Waals surface area contributed by atoms with Crippen LogP contribution in [0.3, 0.4) is 0 Å². The molecule has 6 nitrogen and oxygen atoms in total. The van der Waals surface area contributed by atoms with Gasteiger partial charge in [-0.15, -0.1) is 0 Å². The number of hydrogen-bond acceptors (Lipinski definition) is 5. The van der Waals surface area contributed by atoms with Crippen molar-refractivity contribution in [3.63, 3.8) is 0 Å². The number of aliphatic hydroxyl groups excluding tert-OH is 1. The molecule has 1 aromatic heterocycles. The summed E-state index contributed by atoms with van der Waals surface area (Å²) in [4.78, 5) is 17.1. The maximum atomic E-state index is 12.8. The number of hydrogen-bond donors (Lipinski definition) is 1. The molecule has 0 aromatic carbocycles. The van der Waals surface area contributed by atoms with E-state index in [-0.39, 0.29) is 18.6 Å². The van der Waals surface area contributed by atoms with Crippen LogP contribution in [0.4, 0.5) is 0 Å². The number of amides is 1. The molecule has 1 aromatic rings. The zero-order valence-corrected chi connectivity index (χ0v) is 15.9. The van der Waals surface area contributed by atoms with Gasteiger partial charge in [-0.3, -0.25) is 9.69 Å². The minimum atomic E-state index is -0.0624. The highest BCUT2D eigenvalue weighted by molar-refractivity contribution is 5.91. The number of carbonyl (C=O) groups excluding carboxylic acids is 1. The summed E-state index contributed by atoms with van der Waals surface area (Å²) in [7, 11) is 1.61. The number of ether oxygens (including phenoxy) is 1. The first-order valence-electron chi connectivity index (χ1n) is 9.93. The molecule has 26 heavy (non-hydrogen) atoms. The second-order valence-corrected chi connectivity index (χ2v) is 7.62. The van der Waals surface area contributed by atoms with Crippen LogP contribution in [-0.2, 0) is 11.3 Å². The van der Waals surface area contributed by atoms with E-state index in [0.29, 0.717) is 37.6 Å². The third-order valence-corrected chi connectivity index (χ3v) is 5.73. The van der Waals surface area contributed by atoms with Gasteiger partial charge in [0.2, 0.25) is 0 Å². The van der Waals surface area contributed by atoms with Gasteiger partial charge in [0.1, 0.15) is 12.4 Å². The molecule has 0 spiro atoms. The molecule has 0 radical (unpaired) electrons. The molecule has 6 heteroatoms. The van der Waals surface area contributed by atoms with Crippen LogP contribution in [0, 0.1) is 5.92 Å². The lowest BCUT2D eigenvalue weighted by Gasteiger charge is -2.43. The van der Waals surface area contributed by atoms with Crippen molar-refractivity contribution in [2.75, 3.05) is 39.9 Å². The maximum Gasteiger partial charge on any atom is 0.289 e. The topological polar surface area (TPSA) is 66.2 Å². The van der Waals surface area contributed by atoms with Gasteiger partial charge in [-0.25, -0.2) is 0 Å². The third kappa shape index (κ3) is 4.87. The Balaban J connectivity index is 1.59. The molecule has 146 valence electrons. The van der Waals surface area contributed by atoms with Crippen molar-refractivity contribution in [2.24, 2.45) is 5.92 Å². The molecule has 1 aliphatic heterocycles. The van der Waals surface area contributed by atoms with Crippen LogP contribution >= 0.6 is 0 Å². The standard InChI is InChI=1S/C20H32N2O4/c1-25-15-18-7-8-19(26-18)20(24)22-11-10-21(17(14-22)9-12-23)13-16-5-3-2-4-6-16/h7-8,16-17,23H,2-6,9-15H2,1H3/t17-/m1/s1. The SMILES string of the molecule is COCc1ccc(C(=O)N2CCN(CC3CCCCC3)[C@H](CCO)C2)o1. The molecule has 1 saturated carbocycles. The Kier molecular flexibility index (Phi) is 7.11. The van der Waals surface area contributed by atoms with Gasteiger partial charge in [0.05, 0.1) is 0 Å². The molecule has 2 fully saturated rings. The summed E-state index contributed by atoms with van der Waals surface area (Å²) in [6.07, 6.45) is 7.40. The monoisotopic (exact) mass is 364 g/mol. The Labute approximate surface area is 156 Å². The average Bonchev–Trinajstić information content (AvgIpc) is 3.12. The Morgan fingerprint density at radius 3 is 2.81 bits per heavy atom. The molecule has 0 unspecified atom stereocenters. The zero-order chi connectivity index (χ0) is 18.4. The normalized spacial score (nSPS) is 22.7. The van der Waals surface area contributed by atoms with Gasteiger partial charge < -0.3 is 19.2 Å². The van der Waals surface area contributed by atoms with Crippen molar-refractivity contribution in [2.45, 2.75) is 51.2 Å². The predicted molar refractivity (Wildman–Crippen MR) is 99.0 cm³/mol. The first-order chi connectivity index (χ1) is 12.7. The van der Waals surface area contributed by atoms with Gasteiger partial charge in [-0.05, 0) is 37.3 Å². The van der Waals surface area contributed by atoms with Gasteiger partial charge in [0, 0.05) is 45.9 Å². The number of piperazine rings is 1. The molecule has 1 amide bonds. The lowest BCUT2D eigenvalue weighted by Crippen LogP contribution is -2.56. The van der Waals surface area contributed by atoms with Gasteiger partial charge in [0.25, 0.3) is 5.91 Å². The fourth-order valence-electron chi connectivity index (χ4n) is 4.31. The number of rotatable bonds is 7. The van der Waals surface area contributed by atoms with Crippen LogP contribution in [0.25, 0.3) is 0 Å². The molecule has 1 N–H and O–H groups in total. The smallest absolute Gasteiger partial charge is 0.289 e. The van der Waals surface area contributed by atoms with E-state index in [1.54, 1.807) is 19.2 Å². The van der Waals surface area contributed by atoms with E-state index < -0.39 is 0 Å². The summed E-state index contributed by atoms with van der Waals surface area (Å²) in [5.41, 5.74) is 0. The van der Waals surface area contributed by atoms with E-state index in [2.05, 4.69) is 4.90 Å². The van der Waals surface area contributed by atoms with Crippen LogP contribution in [0.5, 0.6) is 0 Å². The molecule has 0 bridgehead atoms. The quantitative estimate of drug-likeness (QED) is 0.805. The fourth-order valence-corrected chi connectivity index (χ4v) is 4.31. The third-order valence-electron chi connectivity index (χ3n) is 5.73. The van der Waals surface area contributed by atoms with Gasteiger partial charge in [0.15, 0.2) is 5.76 Å². The summed E-state index contributed by atoms with van der Waals surface area (Å²) in [6, 6.07) is 3.75. The summed E-state index contributed by atoms with van der Waals surface area (Å²) < 4.78 is 10.7. The van der Waals surface area contributed by atoms with Crippen LogP contribution in [-0.4, -0.2) is 66.8 Å². The Hall–Kier alpha value is -1.37. The fraction of sp³-hybridized carbons (Fsp3) is 0.750. The van der Waals surface area contributed by atoms with Crippen LogP contribution in [0.15, 0.2) is 16.5 Å². The van der Waals surface area contributed by atoms with Crippen molar-refractivity contribution in [3.8, 4) is 0 Å². The summed E-state index contributed by atoms with van der Waals surface area (Å²) in [5.74, 6) is 1.75. The number of furan rings is 1. The van der Waals surface area contributed by atoms with Crippen LogP contribution in [0.1, 0.15) is 54.8 Å². The Morgan fingerprint density at radius 1 is 1.27 bits per heavy atom. The first kappa shape index (κ1) is 19.4. The van der Waals surface area contributed by atoms with Gasteiger partial charge >= 0.3 is 0 Å². The van der Waals surface area contributed by atoms with E-state index in [4.69, 9.17) is 9.15 Å². The van der Waals surface area contributed by atoms with Crippen molar-refractivity contribution < 1.29 is 19.1 Å². The number of nitrogens with zero attached hydrogens (tertiary/aromatic N) is 2. The lowest BCUT2D eigenvalue weighted by molar-refractivity contribution is 0.0319. The largest absolute Gasteiger partial charge is 0.453 e. The highest BCUT2D eigenvalue weighted by Gasteiger charge is 2.32. The maximum absolute atomic E-state index is 12.8. The van der Waals surface area contributed by atoms with E-state index in [9.17, 15) is 9.90 Å². The van der Waals surface area contributed by atoms with Crippen molar-refractivity contribution in [1.82, 2.24) is 9.80 Å². The predicted octanol–water partition coefficient (Wildman–Crippen LogP) is 2.52. The van der Waals surface area contributed by atoms with Gasteiger partial charge in [-0.1, -0.05) is 19.3 Å². The van der Waals surface area contributed by atoms with E-state index in [1.807, 2.05) is 4.90 Å². The first-order valence-corrected chi connectivity index (χ1v) is 9.93. The highest BCUT2D eigenvalue weighted by Crippen LogP contribution is 2.26. The Bertz CT molecular complexity index is 568. The molecular weight excluding hydrogens is 332 g/mol. The highest BCUT2D eigenvalue weighted by atomic mass is 16.5. The molecular formula is C20H32N2O4.